The number of amidine groups is 1. The molecule has 1 unspecified atom stereocenters. The van der Waals surface area contributed by atoms with Crippen molar-refractivity contribution in [1.82, 2.24) is 4.90 Å². The van der Waals surface area contributed by atoms with E-state index in [1.165, 1.54) is 0 Å². The first-order valence-electron chi connectivity index (χ1n) is 10.8. The van der Waals surface area contributed by atoms with Gasteiger partial charge >= 0.3 is 0 Å². The standard InChI is InChI=1S/C24H26Cl2N4O2/c1-14-22(28-15(2)30(23(14)31)18-8-5-7-17(25)20(18)26)29-12-10-24(11-13-29)21(27)16-6-3-4-9-19(16)32-24/h3-9,21,23,31H,10-13,27H2,1-2H3/t21-,23?/m1/s1. The number of fused-ring (bicyclic) bond motifs is 1. The molecule has 2 atom stereocenters. The third-order valence-corrected chi connectivity index (χ3v) is 7.64. The molecule has 32 heavy (non-hydrogen) atoms. The van der Waals surface area contributed by atoms with Crippen LogP contribution in [0.25, 0.3) is 0 Å². The molecular weight excluding hydrogens is 447 g/mol. The second-order valence-corrected chi connectivity index (χ2v) is 9.44. The number of likely N-dealkylation sites (tertiary alicyclic amines) is 1. The Morgan fingerprint density at radius 2 is 1.81 bits per heavy atom. The number of rotatable bonds is 2. The second kappa shape index (κ2) is 7.96. The van der Waals surface area contributed by atoms with Crippen LogP contribution in [0.2, 0.25) is 10.0 Å². The van der Waals surface area contributed by atoms with Gasteiger partial charge in [0.25, 0.3) is 0 Å². The molecule has 1 spiro atoms. The van der Waals surface area contributed by atoms with Gasteiger partial charge in [0.05, 0.1) is 21.8 Å². The lowest BCUT2D eigenvalue weighted by Gasteiger charge is -2.44. The summed E-state index contributed by atoms with van der Waals surface area (Å²) in [6.07, 6.45) is 0.686. The van der Waals surface area contributed by atoms with Crippen molar-refractivity contribution in [2.24, 2.45) is 10.7 Å². The zero-order valence-electron chi connectivity index (χ0n) is 18.1. The molecule has 168 valence electrons. The number of ether oxygens (including phenoxy) is 1. The van der Waals surface area contributed by atoms with Crippen LogP contribution in [0, 0.1) is 0 Å². The maximum atomic E-state index is 11.2. The molecule has 0 saturated carbocycles. The predicted octanol–water partition coefficient (Wildman–Crippen LogP) is 4.71. The van der Waals surface area contributed by atoms with Gasteiger partial charge < -0.3 is 20.5 Å². The van der Waals surface area contributed by atoms with E-state index in [0.717, 1.165) is 48.6 Å². The Morgan fingerprint density at radius 1 is 1.09 bits per heavy atom. The molecule has 1 fully saturated rings. The second-order valence-electron chi connectivity index (χ2n) is 8.65. The van der Waals surface area contributed by atoms with E-state index in [9.17, 15) is 5.11 Å². The molecule has 8 heteroatoms. The Morgan fingerprint density at radius 3 is 2.53 bits per heavy atom. The van der Waals surface area contributed by atoms with Crippen LogP contribution in [-0.2, 0) is 0 Å². The summed E-state index contributed by atoms with van der Waals surface area (Å²) >= 11 is 12.6. The van der Waals surface area contributed by atoms with Gasteiger partial charge in [0, 0.05) is 37.1 Å². The maximum absolute atomic E-state index is 11.2. The molecule has 6 nitrogen and oxygen atoms in total. The Hall–Kier alpha value is -2.25. The Bertz CT molecular complexity index is 1120. The fourth-order valence-corrected chi connectivity index (χ4v) is 5.38. The highest BCUT2D eigenvalue weighted by Crippen LogP contribution is 2.47. The molecule has 0 radical (unpaired) electrons. The zero-order chi connectivity index (χ0) is 22.6. The highest BCUT2D eigenvalue weighted by atomic mass is 35.5. The minimum Gasteiger partial charge on any atom is -0.485 e. The van der Waals surface area contributed by atoms with Gasteiger partial charge in [0.1, 0.15) is 23.0 Å². The van der Waals surface area contributed by atoms with Gasteiger partial charge in [-0.05, 0) is 32.0 Å². The van der Waals surface area contributed by atoms with E-state index in [2.05, 4.69) is 11.0 Å². The number of anilines is 1. The Kier molecular flexibility index (Phi) is 5.37. The number of hydrogen-bond donors (Lipinski definition) is 2. The van der Waals surface area contributed by atoms with Crippen molar-refractivity contribution in [3.8, 4) is 5.75 Å². The molecule has 1 saturated heterocycles. The molecule has 0 aliphatic carbocycles. The lowest BCUT2D eigenvalue weighted by Crippen LogP contribution is -2.52. The SMILES string of the molecule is CC1=NC(N2CCC3(CC2)Oc2ccccc2[C@H]3N)=C(C)C(O)N1c1cccc(Cl)c1Cl. The van der Waals surface area contributed by atoms with Gasteiger partial charge in [0.15, 0.2) is 6.23 Å². The summed E-state index contributed by atoms with van der Waals surface area (Å²) < 4.78 is 6.36. The fourth-order valence-electron chi connectivity index (χ4n) is 4.99. The molecule has 0 amide bonds. The highest BCUT2D eigenvalue weighted by molar-refractivity contribution is 6.44. The van der Waals surface area contributed by atoms with E-state index in [1.807, 2.05) is 44.2 Å². The fraction of sp³-hybridized carbons (Fsp3) is 0.375. The number of para-hydroxylation sites is 1. The van der Waals surface area contributed by atoms with Crippen LogP contribution in [0.1, 0.15) is 38.3 Å². The number of benzene rings is 2. The number of nitrogens with zero attached hydrogens (tertiary/aromatic N) is 3. The smallest absolute Gasteiger partial charge is 0.158 e. The lowest BCUT2D eigenvalue weighted by atomic mass is 9.83. The molecular formula is C24H26Cl2N4O2. The van der Waals surface area contributed by atoms with Crippen molar-refractivity contribution in [2.75, 3.05) is 18.0 Å². The van der Waals surface area contributed by atoms with Gasteiger partial charge in [-0.2, -0.15) is 0 Å². The number of halogens is 2. The Labute approximate surface area is 197 Å². The van der Waals surface area contributed by atoms with E-state index < -0.39 is 6.23 Å². The largest absolute Gasteiger partial charge is 0.485 e. The number of aliphatic hydroxyl groups excluding tert-OH is 1. The van der Waals surface area contributed by atoms with E-state index in [0.29, 0.717) is 21.6 Å². The molecule has 0 aromatic heterocycles. The summed E-state index contributed by atoms with van der Waals surface area (Å²) in [5.41, 5.74) is 8.69. The number of aliphatic imine (C=N–C) groups is 1. The molecule has 5 rings (SSSR count). The zero-order valence-corrected chi connectivity index (χ0v) is 19.6. The third kappa shape index (κ3) is 3.28. The number of piperidine rings is 1. The van der Waals surface area contributed by atoms with Crippen LogP contribution in [-0.4, -0.2) is 40.8 Å². The maximum Gasteiger partial charge on any atom is 0.158 e. The molecule has 2 aromatic rings. The van der Waals surface area contributed by atoms with Crippen molar-refractivity contribution >= 4 is 34.7 Å². The predicted molar refractivity (Wildman–Crippen MR) is 128 cm³/mol. The third-order valence-electron chi connectivity index (χ3n) is 6.84. The monoisotopic (exact) mass is 472 g/mol. The van der Waals surface area contributed by atoms with Crippen LogP contribution in [0.15, 0.2) is 58.9 Å². The van der Waals surface area contributed by atoms with Gasteiger partial charge in [-0.15, -0.1) is 0 Å². The summed E-state index contributed by atoms with van der Waals surface area (Å²) in [6, 6.07) is 13.2. The quantitative estimate of drug-likeness (QED) is 0.661. The highest BCUT2D eigenvalue weighted by Gasteiger charge is 2.48. The van der Waals surface area contributed by atoms with Crippen molar-refractivity contribution in [1.29, 1.82) is 0 Å². The van der Waals surface area contributed by atoms with Crippen LogP contribution < -0.4 is 15.4 Å². The topological polar surface area (TPSA) is 74.3 Å². The molecule has 3 aliphatic rings. The summed E-state index contributed by atoms with van der Waals surface area (Å²) in [6.45, 7) is 5.26. The summed E-state index contributed by atoms with van der Waals surface area (Å²) in [7, 11) is 0. The average molecular weight is 473 g/mol. The van der Waals surface area contributed by atoms with Gasteiger partial charge in [0.2, 0.25) is 0 Å². The minimum atomic E-state index is -0.886. The van der Waals surface area contributed by atoms with Gasteiger partial charge in [-0.3, -0.25) is 4.90 Å². The van der Waals surface area contributed by atoms with E-state index in [-0.39, 0.29) is 11.6 Å². The van der Waals surface area contributed by atoms with Crippen molar-refractivity contribution < 1.29 is 9.84 Å². The number of nitrogens with two attached hydrogens (primary N) is 1. The van der Waals surface area contributed by atoms with Crippen molar-refractivity contribution in [3.63, 3.8) is 0 Å². The number of aliphatic hydroxyl groups is 1. The first kappa shape index (κ1) is 21.6. The average Bonchev–Trinajstić information content (AvgIpc) is 3.06. The Balaban J connectivity index is 1.37. The minimum absolute atomic E-state index is 0.140. The van der Waals surface area contributed by atoms with Crippen molar-refractivity contribution in [3.05, 3.63) is 69.5 Å². The normalized spacial score (nSPS) is 24.5. The van der Waals surface area contributed by atoms with Crippen LogP contribution in [0.3, 0.4) is 0 Å². The first-order valence-corrected chi connectivity index (χ1v) is 11.5. The van der Waals surface area contributed by atoms with E-state index in [1.54, 1.807) is 11.0 Å². The van der Waals surface area contributed by atoms with Crippen LogP contribution in [0.4, 0.5) is 5.69 Å². The van der Waals surface area contributed by atoms with Gasteiger partial charge in [-0.25, -0.2) is 4.99 Å². The van der Waals surface area contributed by atoms with E-state index >= 15 is 0 Å². The summed E-state index contributed by atoms with van der Waals surface area (Å²) in [5, 5.41) is 12.0. The lowest BCUT2D eigenvalue weighted by molar-refractivity contribution is 0.00838. The summed E-state index contributed by atoms with van der Waals surface area (Å²) in [5.74, 6) is 2.34. The van der Waals surface area contributed by atoms with Crippen LogP contribution >= 0.6 is 23.2 Å². The first-order chi connectivity index (χ1) is 15.3. The molecule has 3 heterocycles. The van der Waals surface area contributed by atoms with E-state index in [4.69, 9.17) is 38.7 Å². The number of hydrogen-bond acceptors (Lipinski definition) is 6. The molecule has 2 aromatic carbocycles. The molecule has 3 aliphatic heterocycles. The van der Waals surface area contributed by atoms with Crippen LogP contribution in [0.5, 0.6) is 5.75 Å². The van der Waals surface area contributed by atoms with Crippen molar-refractivity contribution in [2.45, 2.75) is 44.6 Å². The molecule has 3 N–H and O–H groups in total. The summed E-state index contributed by atoms with van der Waals surface area (Å²) in [4.78, 5) is 8.78. The molecule has 0 bridgehead atoms. The van der Waals surface area contributed by atoms with Gasteiger partial charge in [-0.1, -0.05) is 47.5 Å².